The molecule has 0 saturated carbocycles. The van der Waals surface area contributed by atoms with Crippen LogP contribution in [0.3, 0.4) is 0 Å². The second-order valence-electron chi connectivity index (χ2n) is 3.29. The summed E-state index contributed by atoms with van der Waals surface area (Å²) in [4.78, 5) is 0. The lowest BCUT2D eigenvalue weighted by atomic mass is 10.3. The van der Waals surface area contributed by atoms with Gasteiger partial charge in [0.1, 0.15) is 0 Å². The van der Waals surface area contributed by atoms with Crippen LogP contribution in [0.25, 0.3) is 0 Å². The summed E-state index contributed by atoms with van der Waals surface area (Å²) in [6, 6.07) is 0. The topological polar surface area (TPSA) is 73.9 Å². The smallest absolute Gasteiger partial charge is 0.0701 e. The normalized spacial score (nSPS) is 9.88. The summed E-state index contributed by atoms with van der Waals surface area (Å²) in [6.45, 7) is 8.44. The average molecular weight is 251 g/mol. The van der Waals surface area contributed by atoms with Gasteiger partial charge in [0.15, 0.2) is 0 Å². The first-order valence-corrected chi connectivity index (χ1v) is 6.37. The molecule has 0 aliphatic rings. The molecule has 0 aromatic carbocycles. The number of aliphatic hydroxyl groups is 1. The van der Waals surface area contributed by atoms with Crippen LogP contribution in [0, 0.1) is 0 Å². The predicted octanol–water partition coefficient (Wildman–Crippen LogP) is 0.794. The molecule has 0 unspecified atom stereocenters. The molecule has 0 amide bonds. The Morgan fingerprint density at radius 3 is 1.76 bits per heavy atom. The van der Waals surface area contributed by atoms with Gasteiger partial charge in [-0.25, -0.2) is 0 Å². The van der Waals surface area contributed by atoms with E-state index < -0.39 is 0 Å². The summed E-state index contributed by atoms with van der Waals surface area (Å²) < 4.78 is 15.2. The molecule has 5 nitrogen and oxygen atoms in total. The minimum Gasteiger partial charge on any atom is -0.394 e. The minimum absolute atomic E-state index is 0.0684. The van der Waals surface area contributed by atoms with Gasteiger partial charge >= 0.3 is 0 Å². The van der Waals surface area contributed by atoms with Crippen molar-refractivity contribution in [1.82, 2.24) is 0 Å². The summed E-state index contributed by atoms with van der Waals surface area (Å²) in [7, 11) is 0. The molecule has 0 fully saturated rings. The molecule has 0 saturated heterocycles. The molecule has 0 aliphatic carbocycles. The first-order chi connectivity index (χ1) is 8.33. The zero-order valence-electron chi connectivity index (χ0n) is 11.3. The molecule has 0 aliphatic heterocycles. The minimum atomic E-state index is 0.0684. The maximum Gasteiger partial charge on any atom is 0.0701 e. The SMILES string of the molecule is CCCCN.CCOCCOCCOCCO. The first-order valence-electron chi connectivity index (χ1n) is 6.37. The third kappa shape index (κ3) is 25.8. The Bertz CT molecular complexity index is 103. The standard InChI is InChI=1S/C8H18O4.C4H11N/c1-2-10-5-6-12-8-7-11-4-3-9;1-2-3-4-5/h9H,2-8H2,1H3;2-5H2,1H3. The number of nitrogens with two attached hydrogens (primary N) is 1. The Morgan fingerprint density at radius 2 is 1.41 bits per heavy atom. The number of unbranched alkanes of at least 4 members (excludes halogenated alkanes) is 1. The fourth-order valence-corrected chi connectivity index (χ4v) is 0.853. The molecule has 106 valence electrons. The van der Waals surface area contributed by atoms with Gasteiger partial charge < -0.3 is 25.1 Å². The van der Waals surface area contributed by atoms with Crippen LogP contribution in [0.2, 0.25) is 0 Å². The number of rotatable bonds is 11. The second kappa shape index (κ2) is 21.1. The number of ether oxygens (including phenoxy) is 3. The van der Waals surface area contributed by atoms with E-state index in [2.05, 4.69) is 6.92 Å². The van der Waals surface area contributed by atoms with Crippen LogP contribution in [-0.4, -0.2) is 57.9 Å². The molecule has 0 aromatic rings. The third-order valence-corrected chi connectivity index (χ3v) is 1.74. The van der Waals surface area contributed by atoms with E-state index in [1.165, 1.54) is 12.8 Å². The van der Waals surface area contributed by atoms with Crippen molar-refractivity contribution in [3.05, 3.63) is 0 Å². The van der Waals surface area contributed by atoms with Crippen molar-refractivity contribution in [2.75, 3.05) is 52.8 Å². The lowest BCUT2D eigenvalue weighted by Gasteiger charge is -2.04. The monoisotopic (exact) mass is 251 g/mol. The third-order valence-electron chi connectivity index (χ3n) is 1.74. The summed E-state index contributed by atoms with van der Waals surface area (Å²) in [5.41, 5.74) is 5.14. The van der Waals surface area contributed by atoms with Crippen LogP contribution in [-0.2, 0) is 14.2 Å². The highest BCUT2D eigenvalue weighted by molar-refractivity contribution is 4.32. The highest BCUT2D eigenvalue weighted by Gasteiger charge is 1.88. The molecule has 3 N–H and O–H groups in total. The van der Waals surface area contributed by atoms with Gasteiger partial charge in [0.25, 0.3) is 0 Å². The number of hydrogen-bond donors (Lipinski definition) is 2. The molecule has 0 bridgehead atoms. The maximum absolute atomic E-state index is 8.35. The van der Waals surface area contributed by atoms with Crippen LogP contribution in [0.15, 0.2) is 0 Å². The molecule has 17 heavy (non-hydrogen) atoms. The zero-order chi connectivity index (χ0) is 13.2. The van der Waals surface area contributed by atoms with E-state index in [1.54, 1.807) is 0 Å². The van der Waals surface area contributed by atoms with E-state index in [4.69, 9.17) is 25.1 Å². The lowest BCUT2D eigenvalue weighted by Crippen LogP contribution is -2.10. The maximum atomic E-state index is 8.35. The molecular weight excluding hydrogens is 222 g/mol. The van der Waals surface area contributed by atoms with Crippen molar-refractivity contribution in [2.45, 2.75) is 26.7 Å². The van der Waals surface area contributed by atoms with Gasteiger partial charge in [-0.05, 0) is 19.9 Å². The quantitative estimate of drug-likeness (QED) is 0.531. The number of hydrogen-bond acceptors (Lipinski definition) is 5. The van der Waals surface area contributed by atoms with E-state index in [0.717, 1.165) is 13.2 Å². The second-order valence-corrected chi connectivity index (χ2v) is 3.29. The zero-order valence-corrected chi connectivity index (χ0v) is 11.3. The Kier molecular flexibility index (Phi) is 23.8. The summed E-state index contributed by atoms with van der Waals surface area (Å²) >= 11 is 0. The number of aliphatic hydroxyl groups excluding tert-OH is 1. The summed E-state index contributed by atoms with van der Waals surface area (Å²) in [5, 5.41) is 8.35. The first kappa shape index (κ1) is 19.1. The Labute approximate surface area is 105 Å². The van der Waals surface area contributed by atoms with Gasteiger partial charge in [0.05, 0.1) is 39.6 Å². The fourth-order valence-electron chi connectivity index (χ4n) is 0.853. The highest BCUT2D eigenvalue weighted by atomic mass is 16.5. The predicted molar refractivity (Wildman–Crippen MR) is 69.2 cm³/mol. The van der Waals surface area contributed by atoms with Gasteiger partial charge in [0.2, 0.25) is 0 Å². The van der Waals surface area contributed by atoms with E-state index >= 15 is 0 Å². The summed E-state index contributed by atoms with van der Waals surface area (Å²) in [6.07, 6.45) is 2.39. The van der Waals surface area contributed by atoms with Crippen molar-refractivity contribution in [2.24, 2.45) is 5.73 Å². The van der Waals surface area contributed by atoms with E-state index in [-0.39, 0.29) is 6.61 Å². The van der Waals surface area contributed by atoms with Crippen LogP contribution in [0.4, 0.5) is 0 Å². The van der Waals surface area contributed by atoms with Crippen molar-refractivity contribution in [3.8, 4) is 0 Å². The van der Waals surface area contributed by atoms with Crippen LogP contribution in [0.5, 0.6) is 0 Å². The molecule has 5 heteroatoms. The van der Waals surface area contributed by atoms with Crippen LogP contribution < -0.4 is 5.73 Å². The van der Waals surface area contributed by atoms with Gasteiger partial charge in [-0.15, -0.1) is 0 Å². The highest BCUT2D eigenvalue weighted by Crippen LogP contribution is 1.80. The van der Waals surface area contributed by atoms with Gasteiger partial charge in [-0.1, -0.05) is 13.3 Å². The average Bonchev–Trinajstić information content (AvgIpc) is 2.34. The Hall–Kier alpha value is -0.200. The van der Waals surface area contributed by atoms with Crippen LogP contribution in [0.1, 0.15) is 26.7 Å². The van der Waals surface area contributed by atoms with Crippen molar-refractivity contribution >= 4 is 0 Å². The van der Waals surface area contributed by atoms with E-state index in [9.17, 15) is 0 Å². The molecule has 0 heterocycles. The Morgan fingerprint density at radius 1 is 0.882 bits per heavy atom. The molecular formula is C12H29NO4. The Balaban J connectivity index is 0. The molecule has 0 aromatic heterocycles. The summed E-state index contributed by atoms with van der Waals surface area (Å²) in [5.74, 6) is 0. The fraction of sp³-hybridized carbons (Fsp3) is 1.00. The largest absolute Gasteiger partial charge is 0.394 e. The molecule has 0 atom stereocenters. The van der Waals surface area contributed by atoms with Crippen molar-refractivity contribution < 1.29 is 19.3 Å². The van der Waals surface area contributed by atoms with E-state index in [1.807, 2.05) is 6.92 Å². The molecule has 0 radical (unpaired) electrons. The van der Waals surface area contributed by atoms with Gasteiger partial charge in [-0.3, -0.25) is 0 Å². The van der Waals surface area contributed by atoms with Gasteiger partial charge in [-0.2, -0.15) is 0 Å². The van der Waals surface area contributed by atoms with Crippen molar-refractivity contribution in [1.29, 1.82) is 0 Å². The molecule has 0 rings (SSSR count). The van der Waals surface area contributed by atoms with Crippen molar-refractivity contribution in [3.63, 3.8) is 0 Å². The van der Waals surface area contributed by atoms with E-state index in [0.29, 0.717) is 33.0 Å². The van der Waals surface area contributed by atoms with Crippen LogP contribution >= 0.6 is 0 Å². The van der Waals surface area contributed by atoms with Gasteiger partial charge in [0, 0.05) is 6.61 Å². The lowest BCUT2D eigenvalue weighted by molar-refractivity contribution is 0.00965. The molecule has 0 spiro atoms.